The summed E-state index contributed by atoms with van der Waals surface area (Å²) in [6.07, 6.45) is 5.77. The summed E-state index contributed by atoms with van der Waals surface area (Å²) in [5.41, 5.74) is 0.370. The SMILES string of the molecule is CN(CC1CCCO1)C1CC(C)(C)CCC1O. The van der Waals surface area contributed by atoms with Gasteiger partial charge in [0.05, 0.1) is 12.2 Å². The van der Waals surface area contributed by atoms with Crippen LogP contribution in [0.5, 0.6) is 0 Å². The molecule has 3 unspecified atom stereocenters. The van der Waals surface area contributed by atoms with Gasteiger partial charge in [0.2, 0.25) is 0 Å². The Kier molecular flexibility index (Phi) is 4.11. The van der Waals surface area contributed by atoms with Crippen LogP contribution in [-0.4, -0.2) is 48.5 Å². The average molecular weight is 241 g/mol. The van der Waals surface area contributed by atoms with Crippen LogP contribution in [0.25, 0.3) is 0 Å². The van der Waals surface area contributed by atoms with E-state index < -0.39 is 0 Å². The van der Waals surface area contributed by atoms with Gasteiger partial charge in [-0.2, -0.15) is 0 Å². The van der Waals surface area contributed by atoms with Crippen molar-refractivity contribution in [2.45, 2.75) is 64.2 Å². The maximum Gasteiger partial charge on any atom is 0.0702 e. The number of likely N-dealkylation sites (N-methyl/N-ethyl adjacent to an activating group) is 1. The minimum atomic E-state index is -0.158. The molecule has 3 nitrogen and oxygen atoms in total. The van der Waals surface area contributed by atoms with Crippen LogP contribution >= 0.6 is 0 Å². The Morgan fingerprint density at radius 2 is 2.12 bits per heavy atom. The first-order valence-electron chi connectivity index (χ1n) is 6.98. The molecular formula is C14H27NO2. The first kappa shape index (κ1) is 13.3. The fourth-order valence-corrected chi connectivity index (χ4v) is 3.23. The minimum absolute atomic E-state index is 0.158. The number of rotatable bonds is 3. The fourth-order valence-electron chi connectivity index (χ4n) is 3.23. The van der Waals surface area contributed by atoms with Crippen molar-refractivity contribution in [1.82, 2.24) is 4.90 Å². The van der Waals surface area contributed by atoms with E-state index in [0.717, 1.165) is 32.4 Å². The smallest absolute Gasteiger partial charge is 0.0702 e. The van der Waals surface area contributed by atoms with E-state index in [1.807, 2.05) is 0 Å². The van der Waals surface area contributed by atoms with Crippen molar-refractivity contribution < 1.29 is 9.84 Å². The molecule has 0 spiro atoms. The summed E-state index contributed by atoms with van der Waals surface area (Å²) in [6.45, 7) is 6.51. The van der Waals surface area contributed by atoms with Crippen molar-refractivity contribution in [1.29, 1.82) is 0 Å². The van der Waals surface area contributed by atoms with Crippen LogP contribution in [0, 0.1) is 5.41 Å². The van der Waals surface area contributed by atoms with E-state index in [-0.39, 0.29) is 6.10 Å². The lowest BCUT2D eigenvalue weighted by Gasteiger charge is -2.43. The van der Waals surface area contributed by atoms with Gasteiger partial charge >= 0.3 is 0 Å². The third kappa shape index (κ3) is 3.43. The third-order valence-corrected chi connectivity index (χ3v) is 4.40. The van der Waals surface area contributed by atoms with Gasteiger partial charge in [-0.05, 0) is 44.6 Å². The third-order valence-electron chi connectivity index (χ3n) is 4.40. The van der Waals surface area contributed by atoms with Crippen LogP contribution in [-0.2, 0) is 4.74 Å². The maximum absolute atomic E-state index is 10.2. The van der Waals surface area contributed by atoms with Crippen molar-refractivity contribution in [3.63, 3.8) is 0 Å². The first-order chi connectivity index (χ1) is 7.98. The summed E-state index contributed by atoms with van der Waals surface area (Å²) in [4.78, 5) is 2.32. The molecule has 1 saturated carbocycles. The molecule has 17 heavy (non-hydrogen) atoms. The Morgan fingerprint density at radius 1 is 1.35 bits per heavy atom. The van der Waals surface area contributed by atoms with E-state index >= 15 is 0 Å². The number of hydrogen-bond donors (Lipinski definition) is 1. The van der Waals surface area contributed by atoms with Crippen molar-refractivity contribution in [3.05, 3.63) is 0 Å². The molecule has 1 N–H and O–H groups in total. The first-order valence-corrected chi connectivity index (χ1v) is 6.98. The van der Waals surface area contributed by atoms with Crippen LogP contribution in [0.15, 0.2) is 0 Å². The molecule has 0 aromatic rings. The fraction of sp³-hybridized carbons (Fsp3) is 1.00. The summed E-state index contributed by atoms with van der Waals surface area (Å²) in [5.74, 6) is 0. The van der Waals surface area contributed by atoms with Gasteiger partial charge in [-0.15, -0.1) is 0 Å². The van der Waals surface area contributed by atoms with Crippen molar-refractivity contribution in [3.8, 4) is 0 Å². The molecule has 2 fully saturated rings. The Labute approximate surface area is 105 Å². The van der Waals surface area contributed by atoms with Gasteiger partial charge in [-0.3, -0.25) is 4.90 Å². The van der Waals surface area contributed by atoms with Crippen molar-refractivity contribution in [2.24, 2.45) is 5.41 Å². The second-order valence-electron chi connectivity index (χ2n) is 6.62. The lowest BCUT2D eigenvalue weighted by molar-refractivity contribution is -0.0246. The molecule has 100 valence electrons. The zero-order valence-electron chi connectivity index (χ0n) is 11.5. The zero-order valence-corrected chi connectivity index (χ0v) is 11.5. The van der Waals surface area contributed by atoms with Gasteiger partial charge in [0, 0.05) is 19.2 Å². The Morgan fingerprint density at radius 3 is 2.76 bits per heavy atom. The van der Waals surface area contributed by atoms with Crippen LogP contribution in [0.4, 0.5) is 0 Å². The van der Waals surface area contributed by atoms with Gasteiger partial charge < -0.3 is 9.84 Å². The summed E-state index contributed by atoms with van der Waals surface area (Å²) in [6, 6.07) is 0.308. The highest BCUT2D eigenvalue weighted by Crippen LogP contribution is 2.37. The lowest BCUT2D eigenvalue weighted by Crippen LogP contribution is -2.49. The van der Waals surface area contributed by atoms with E-state index in [1.165, 1.54) is 12.8 Å². The monoisotopic (exact) mass is 241 g/mol. The standard InChI is InChI=1S/C14H27NO2/c1-14(2)7-6-13(16)12(9-14)15(3)10-11-5-4-8-17-11/h11-13,16H,4-10H2,1-3H3. The molecule has 0 aromatic heterocycles. The van der Waals surface area contributed by atoms with Crippen molar-refractivity contribution >= 4 is 0 Å². The number of aliphatic hydroxyl groups excluding tert-OH is 1. The molecule has 2 rings (SSSR count). The largest absolute Gasteiger partial charge is 0.391 e. The number of ether oxygens (including phenoxy) is 1. The molecule has 3 atom stereocenters. The molecule has 1 saturated heterocycles. The molecular weight excluding hydrogens is 214 g/mol. The Hall–Kier alpha value is -0.120. The lowest BCUT2D eigenvalue weighted by atomic mass is 9.73. The van der Waals surface area contributed by atoms with E-state index in [0.29, 0.717) is 17.6 Å². The van der Waals surface area contributed by atoms with E-state index in [9.17, 15) is 5.11 Å². The highest BCUT2D eigenvalue weighted by Gasteiger charge is 2.36. The molecule has 1 aliphatic heterocycles. The molecule has 0 amide bonds. The highest BCUT2D eigenvalue weighted by molar-refractivity contribution is 4.90. The van der Waals surface area contributed by atoms with E-state index in [2.05, 4.69) is 25.8 Å². The molecule has 0 radical (unpaired) electrons. The minimum Gasteiger partial charge on any atom is -0.391 e. The average Bonchev–Trinajstić information content (AvgIpc) is 2.74. The summed E-state index contributed by atoms with van der Waals surface area (Å²) in [5, 5.41) is 10.2. The second-order valence-corrected chi connectivity index (χ2v) is 6.62. The normalized spacial score (nSPS) is 37.6. The molecule has 1 aliphatic carbocycles. The van der Waals surface area contributed by atoms with E-state index in [4.69, 9.17) is 4.74 Å². The van der Waals surface area contributed by atoms with Gasteiger partial charge in [-0.1, -0.05) is 13.8 Å². The molecule has 0 bridgehead atoms. The van der Waals surface area contributed by atoms with Gasteiger partial charge in [0.15, 0.2) is 0 Å². The molecule has 3 heteroatoms. The number of hydrogen-bond acceptors (Lipinski definition) is 3. The molecule has 0 aromatic carbocycles. The van der Waals surface area contributed by atoms with E-state index in [1.54, 1.807) is 0 Å². The van der Waals surface area contributed by atoms with Gasteiger partial charge in [0.1, 0.15) is 0 Å². The van der Waals surface area contributed by atoms with Gasteiger partial charge in [0.25, 0.3) is 0 Å². The highest BCUT2D eigenvalue weighted by atomic mass is 16.5. The molecule has 1 heterocycles. The quantitative estimate of drug-likeness (QED) is 0.820. The number of nitrogens with zero attached hydrogens (tertiary/aromatic N) is 1. The zero-order chi connectivity index (χ0) is 12.5. The predicted molar refractivity (Wildman–Crippen MR) is 69.0 cm³/mol. The Balaban J connectivity index is 1.89. The summed E-state index contributed by atoms with van der Waals surface area (Å²) >= 11 is 0. The van der Waals surface area contributed by atoms with Crippen molar-refractivity contribution in [2.75, 3.05) is 20.2 Å². The van der Waals surface area contributed by atoms with Crippen LogP contribution in [0.1, 0.15) is 46.0 Å². The Bertz CT molecular complexity index is 249. The summed E-state index contributed by atoms with van der Waals surface area (Å²) in [7, 11) is 2.14. The number of aliphatic hydroxyl groups is 1. The summed E-state index contributed by atoms with van der Waals surface area (Å²) < 4.78 is 5.68. The predicted octanol–water partition coefficient (Wildman–Crippen LogP) is 2.04. The topological polar surface area (TPSA) is 32.7 Å². The molecule has 2 aliphatic rings. The van der Waals surface area contributed by atoms with Gasteiger partial charge in [-0.25, -0.2) is 0 Å². The van der Waals surface area contributed by atoms with Crippen LogP contribution < -0.4 is 0 Å². The van der Waals surface area contributed by atoms with Crippen LogP contribution in [0.3, 0.4) is 0 Å². The maximum atomic E-state index is 10.2. The second kappa shape index (κ2) is 5.25. The van der Waals surface area contributed by atoms with Crippen LogP contribution in [0.2, 0.25) is 0 Å².